The molecule has 0 radical (unpaired) electrons. The second-order valence-electron chi connectivity index (χ2n) is 7.95. The van der Waals surface area contributed by atoms with Gasteiger partial charge in [-0.15, -0.1) is 0 Å². The van der Waals surface area contributed by atoms with Gasteiger partial charge in [-0.1, -0.05) is 87.5 Å². The number of halogens is 1. The van der Waals surface area contributed by atoms with E-state index in [4.69, 9.17) is 0 Å². The van der Waals surface area contributed by atoms with Crippen LogP contribution in [0, 0.1) is 0 Å². The Kier molecular flexibility index (Phi) is 8.34. The highest BCUT2D eigenvalue weighted by Crippen LogP contribution is 2.34. The van der Waals surface area contributed by atoms with E-state index < -0.39 is 0 Å². The Balaban J connectivity index is 1.86. The summed E-state index contributed by atoms with van der Waals surface area (Å²) in [5.41, 5.74) is 6.60. The summed E-state index contributed by atoms with van der Waals surface area (Å²) in [6.07, 6.45) is 5.33. The lowest BCUT2D eigenvalue weighted by Gasteiger charge is -2.28. The number of nitrogens with one attached hydrogen (secondary N) is 2. The number of aromatic amines is 1. The maximum absolute atomic E-state index is 4.57. The lowest BCUT2D eigenvalue weighted by molar-refractivity contribution is 0.381. The first-order valence-electron chi connectivity index (χ1n) is 11.2. The molecule has 1 heterocycles. The molecule has 2 N–H and O–H groups in total. The van der Waals surface area contributed by atoms with E-state index in [1.54, 1.807) is 0 Å². The molecular formula is C27H33BrN4. The minimum absolute atomic E-state index is 0.187. The van der Waals surface area contributed by atoms with Crippen molar-refractivity contribution in [3.8, 4) is 0 Å². The van der Waals surface area contributed by atoms with Gasteiger partial charge in [0.25, 0.3) is 0 Å². The number of anilines is 1. The number of nitrogens with zero attached hydrogens (tertiary/aromatic N) is 2. The van der Waals surface area contributed by atoms with E-state index >= 15 is 0 Å². The van der Waals surface area contributed by atoms with Crippen molar-refractivity contribution in [1.29, 1.82) is 0 Å². The first-order chi connectivity index (χ1) is 15.5. The van der Waals surface area contributed by atoms with Gasteiger partial charge in [-0.2, -0.15) is 5.10 Å². The summed E-state index contributed by atoms with van der Waals surface area (Å²) >= 11 is 3.76. The van der Waals surface area contributed by atoms with Crippen molar-refractivity contribution >= 4 is 33.1 Å². The van der Waals surface area contributed by atoms with Crippen molar-refractivity contribution in [2.45, 2.75) is 46.1 Å². The number of rotatable bonds is 10. The maximum Gasteiger partial charge on any atom is 0.167 e. The van der Waals surface area contributed by atoms with Gasteiger partial charge < -0.3 is 10.2 Å². The first-order valence-corrected chi connectivity index (χ1v) is 12.0. The quantitative estimate of drug-likeness (QED) is 0.305. The molecule has 0 fully saturated rings. The van der Waals surface area contributed by atoms with E-state index in [9.17, 15) is 0 Å². The number of hydrogen-bond donors (Lipinski definition) is 2. The molecule has 0 spiro atoms. The van der Waals surface area contributed by atoms with Gasteiger partial charge in [-0.25, -0.2) is 0 Å². The Hall–Kier alpha value is -2.79. The van der Waals surface area contributed by atoms with Crippen molar-refractivity contribution in [3.63, 3.8) is 0 Å². The number of benzene rings is 2. The van der Waals surface area contributed by atoms with E-state index in [1.807, 2.05) is 6.07 Å². The lowest BCUT2D eigenvalue weighted by Crippen LogP contribution is -2.20. The van der Waals surface area contributed by atoms with Crippen LogP contribution in [0.2, 0.25) is 0 Å². The van der Waals surface area contributed by atoms with E-state index in [2.05, 4.69) is 125 Å². The van der Waals surface area contributed by atoms with Crippen molar-refractivity contribution in [1.82, 2.24) is 15.1 Å². The van der Waals surface area contributed by atoms with Gasteiger partial charge in [0.2, 0.25) is 0 Å². The maximum atomic E-state index is 4.57. The van der Waals surface area contributed by atoms with Crippen LogP contribution in [0.5, 0.6) is 0 Å². The van der Waals surface area contributed by atoms with Gasteiger partial charge >= 0.3 is 0 Å². The zero-order valence-corrected chi connectivity index (χ0v) is 21.0. The van der Waals surface area contributed by atoms with Crippen LogP contribution in [0.25, 0.3) is 11.4 Å². The van der Waals surface area contributed by atoms with Gasteiger partial charge in [-0.05, 0) is 46.8 Å². The van der Waals surface area contributed by atoms with E-state index in [1.165, 1.54) is 16.7 Å². The molecule has 5 heteroatoms. The van der Waals surface area contributed by atoms with Crippen molar-refractivity contribution in [2.75, 3.05) is 12.4 Å². The third kappa shape index (κ3) is 5.33. The summed E-state index contributed by atoms with van der Waals surface area (Å²) in [6.45, 7) is 10.9. The summed E-state index contributed by atoms with van der Waals surface area (Å²) in [4.78, 5) is 2.16. The molecule has 1 aromatic heterocycles. The van der Waals surface area contributed by atoms with Gasteiger partial charge in [0, 0.05) is 18.3 Å². The largest absolute Gasteiger partial charge is 0.367 e. The minimum Gasteiger partial charge on any atom is -0.367 e. The summed E-state index contributed by atoms with van der Waals surface area (Å²) in [6, 6.07) is 19.2. The van der Waals surface area contributed by atoms with Crippen molar-refractivity contribution < 1.29 is 0 Å². The number of H-pyrrole nitrogens is 1. The molecule has 0 aliphatic heterocycles. The molecule has 0 bridgehead atoms. The fraction of sp³-hybridized carbons (Fsp3) is 0.296. The normalized spacial score (nSPS) is 12.5. The Bertz CT molecular complexity index is 1070. The smallest absolute Gasteiger partial charge is 0.167 e. The number of aromatic nitrogens is 2. The summed E-state index contributed by atoms with van der Waals surface area (Å²) in [5, 5.41) is 11.3. The molecule has 0 aliphatic rings. The molecule has 0 aliphatic carbocycles. The van der Waals surface area contributed by atoms with Crippen LogP contribution in [-0.4, -0.2) is 22.1 Å². The zero-order chi connectivity index (χ0) is 23.1. The Labute approximate surface area is 200 Å². The van der Waals surface area contributed by atoms with Gasteiger partial charge in [-0.3, -0.25) is 5.10 Å². The highest BCUT2D eigenvalue weighted by molar-refractivity contribution is 9.10. The molecule has 3 rings (SSSR count). The molecule has 1 unspecified atom stereocenters. The molecule has 3 aromatic rings. The van der Waals surface area contributed by atoms with Crippen LogP contribution >= 0.6 is 15.9 Å². The zero-order valence-electron chi connectivity index (χ0n) is 19.5. The standard InChI is InChI=1S/C27H33BrN4/c1-6-8-18-24(23-17-13-12-14-21(23)7-2)29-27-25(28)26(30-31-27)20(4)32(5)19(3)22-15-10-9-11-16-22/h9-19H,4,6-8H2,1-3,5H3,(H2,29,30,31). The second-order valence-corrected chi connectivity index (χ2v) is 8.74. The second kappa shape index (κ2) is 11.2. The van der Waals surface area contributed by atoms with Crippen LogP contribution in [0.4, 0.5) is 5.82 Å². The third-order valence-electron chi connectivity index (χ3n) is 5.86. The minimum atomic E-state index is 0.187. The monoisotopic (exact) mass is 492 g/mol. The van der Waals surface area contributed by atoms with E-state index in [0.29, 0.717) is 0 Å². The van der Waals surface area contributed by atoms with Crippen molar-refractivity contribution in [3.05, 3.63) is 94.1 Å². The number of unbranched alkanes of at least 4 members (excludes halogenated alkanes) is 1. The SMILES string of the molecule is C=C(c1[nH]nc(NC(=CCCC)c2ccccc2CC)c1Br)N(C)C(C)c1ccccc1. The Morgan fingerprint density at radius 3 is 2.53 bits per heavy atom. The van der Waals surface area contributed by atoms with Crippen LogP contribution in [0.15, 0.2) is 71.7 Å². The van der Waals surface area contributed by atoms with Crippen molar-refractivity contribution in [2.24, 2.45) is 0 Å². The highest BCUT2D eigenvalue weighted by Gasteiger charge is 2.20. The van der Waals surface area contributed by atoms with Crippen LogP contribution < -0.4 is 5.32 Å². The molecule has 2 aromatic carbocycles. The fourth-order valence-electron chi connectivity index (χ4n) is 3.70. The topological polar surface area (TPSA) is 44.0 Å². The van der Waals surface area contributed by atoms with Crippen LogP contribution in [0.1, 0.15) is 62.0 Å². The Morgan fingerprint density at radius 1 is 1.16 bits per heavy atom. The van der Waals surface area contributed by atoms with Gasteiger partial charge in [0.1, 0.15) is 0 Å². The number of aryl methyl sites for hydroxylation is 1. The predicted molar refractivity (Wildman–Crippen MR) is 140 cm³/mol. The third-order valence-corrected chi connectivity index (χ3v) is 6.63. The predicted octanol–water partition coefficient (Wildman–Crippen LogP) is 7.65. The molecule has 4 nitrogen and oxygen atoms in total. The summed E-state index contributed by atoms with van der Waals surface area (Å²) < 4.78 is 0.881. The number of allylic oxidation sites excluding steroid dienone is 1. The Morgan fingerprint density at radius 2 is 1.84 bits per heavy atom. The summed E-state index contributed by atoms with van der Waals surface area (Å²) in [5.74, 6) is 0.759. The highest BCUT2D eigenvalue weighted by atomic mass is 79.9. The summed E-state index contributed by atoms with van der Waals surface area (Å²) in [7, 11) is 2.06. The molecule has 168 valence electrons. The molecule has 32 heavy (non-hydrogen) atoms. The van der Waals surface area contributed by atoms with E-state index in [-0.39, 0.29) is 6.04 Å². The molecule has 0 saturated heterocycles. The van der Waals surface area contributed by atoms with Crippen LogP contribution in [0.3, 0.4) is 0 Å². The molecule has 0 saturated carbocycles. The molecule has 0 amide bonds. The first kappa shape index (κ1) is 23.9. The molecular weight excluding hydrogens is 460 g/mol. The molecule has 1 atom stereocenters. The average Bonchev–Trinajstić information content (AvgIpc) is 3.20. The van der Waals surface area contributed by atoms with Gasteiger partial charge in [0.15, 0.2) is 5.82 Å². The average molecular weight is 493 g/mol. The van der Waals surface area contributed by atoms with Gasteiger partial charge in [0.05, 0.1) is 21.9 Å². The fourth-order valence-corrected chi connectivity index (χ4v) is 4.21. The lowest BCUT2D eigenvalue weighted by atomic mass is 10.0. The number of hydrogen-bond acceptors (Lipinski definition) is 3. The van der Waals surface area contributed by atoms with Crippen LogP contribution in [-0.2, 0) is 6.42 Å². The van der Waals surface area contributed by atoms with E-state index in [0.717, 1.165) is 46.6 Å².